The second kappa shape index (κ2) is 4.44. The number of aromatic carboxylic acids is 1. The van der Waals surface area contributed by atoms with Crippen LogP contribution in [0.3, 0.4) is 0 Å². The van der Waals surface area contributed by atoms with Gasteiger partial charge in [-0.15, -0.1) is 0 Å². The van der Waals surface area contributed by atoms with Crippen molar-refractivity contribution in [2.45, 2.75) is 38.0 Å². The smallest absolute Gasteiger partial charge is 0.335 e. The highest BCUT2D eigenvalue weighted by molar-refractivity contribution is 5.92. The minimum Gasteiger partial charge on any atom is -0.478 e. The fourth-order valence-corrected chi connectivity index (χ4v) is 2.73. The number of nitrogens with one attached hydrogen (secondary N) is 1. The molecule has 1 aromatic carbocycles. The van der Waals surface area contributed by atoms with Crippen molar-refractivity contribution in [2.75, 3.05) is 0 Å². The standard InChI is InChI=1S/C14H16N2O2/c17-14(18)10-6-7-11-12(8-10)16-13(15-11)9-4-2-1-3-5-9/h6-9H,1-5H2,(H,15,16)(H,17,18). The zero-order chi connectivity index (χ0) is 12.5. The van der Waals surface area contributed by atoms with E-state index in [9.17, 15) is 4.79 Å². The molecular weight excluding hydrogens is 228 g/mol. The van der Waals surface area contributed by atoms with Crippen molar-refractivity contribution in [1.82, 2.24) is 9.97 Å². The van der Waals surface area contributed by atoms with E-state index in [0.717, 1.165) is 16.9 Å². The van der Waals surface area contributed by atoms with Crippen molar-refractivity contribution in [3.63, 3.8) is 0 Å². The summed E-state index contributed by atoms with van der Waals surface area (Å²) in [5.41, 5.74) is 1.99. The SMILES string of the molecule is O=C(O)c1ccc2[nH]c(C3CCCCC3)nc2c1. The summed E-state index contributed by atoms with van der Waals surface area (Å²) < 4.78 is 0. The van der Waals surface area contributed by atoms with Crippen LogP contribution in [0.1, 0.15) is 54.2 Å². The van der Waals surface area contributed by atoms with Gasteiger partial charge in [0, 0.05) is 5.92 Å². The number of rotatable bonds is 2. The summed E-state index contributed by atoms with van der Waals surface area (Å²) in [4.78, 5) is 18.8. The number of H-pyrrole nitrogens is 1. The van der Waals surface area contributed by atoms with E-state index in [1.54, 1.807) is 18.2 Å². The fraction of sp³-hybridized carbons (Fsp3) is 0.429. The molecule has 0 aliphatic heterocycles. The molecule has 4 nitrogen and oxygen atoms in total. The lowest BCUT2D eigenvalue weighted by atomic mass is 9.89. The number of aromatic nitrogens is 2. The highest BCUT2D eigenvalue weighted by Crippen LogP contribution is 2.32. The number of fused-ring (bicyclic) bond motifs is 1. The summed E-state index contributed by atoms with van der Waals surface area (Å²) >= 11 is 0. The molecule has 0 radical (unpaired) electrons. The van der Waals surface area contributed by atoms with E-state index >= 15 is 0 Å². The Labute approximate surface area is 105 Å². The normalized spacial score (nSPS) is 17.1. The molecule has 1 heterocycles. The predicted octanol–water partition coefficient (Wildman–Crippen LogP) is 3.31. The van der Waals surface area contributed by atoms with Gasteiger partial charge < -0.3 is 10.1 Å². The molecule has 0 amide bonds. The Bertz CT molecular complexity index is 582. The largest absolute Gasteiger partial charge is 0.478 e. The van der Waals surface area contributed by atoms with Crippen LogP contribution in [0.5, 0.6) is 0 Å². The van der Waals surface area contributed by atoms with Gasteiger partial charge in [-0.25, -0.2) is 9.78 Å². The number of carboxylic acids is 1. The summed E-state index contributed by atoms with van der Waals surface area (Å²) in [7, 11) is 0. The Hall–Kier alpha value is -1.84. The Kier molecular flexibility index (Phi) is 2.78. The average Bonchev–Trinajstić information content (AvgIpc) is 2.82. The first-order valence-corrected chi connectivity index (χ1v) is 6.47. The topological polar surface area (TPSA) is 66.0 Å². The van der Waals surface area contributed by atoms with Crippen LogP contribution in [0.25, 0.3) is 11.0 Å². The molecule has 1 aliphatic carbocycles. The number of hydrogen-bond donors (Lipinski definition) is 2. The maximum Gasteiger partial charge on any atom is 0.335 e. The molecule has 4 heteroatoms. The van der Waals surface area contributed by atoms with Crippen molar-refractivity contribution in [2.24, 2.45) is 0 Å². The van der Waals surface area contributed by atoms with Gasteiger partial charge in [-0.05, 0) is 31.0 Å². The van der Waals surface area contributed by atoms with Gasteiger partial charge in [0.15, 0.2) is 0 Å². The maximum atomic E-state index is 10.9. The summed E-state index contributed by atoms with van der Waals surface area (Å²) in [6, 6.07) is 5.06. The van der Waals surface area contributed by atoms with Crippen LogP contribution in [0.2, 0.25) is 0 Å². The van der Waals surface area contributed by atoms with Crippen LogP contribution in [-0.2, 0) is 0 Å². The van der Waals surface area contributed by atoms with Crippen molar-refractivity contribution in [3.05, 3.63) is 29.6 Å². The molecule has 1 fully saturated rings. The lowest BCUT2D eigenvalue weighted by Crippen LogP contribution is -2.05. The molecular formula is C14H16N2O2. The third-order valence-electron chi connectivity index (χ3n) is 3.74. The van der Waals surface area contributed by atoms with E-state index in [1.165, 1.54) is 32.1 Å². The molecule has 0 spiro atoms. The first-order valence-electron chi connectivity index (χ1n) is 6.47. The van der Waals surface area contributed by atoms with E-state index in [-0.39, 0.29) is 0 Å². The van der Waals surface area contributed by atoms with Crippen molar-refractivity contribution in [1.29, 1.82) is 0 Å². The quantitative estimate of drug-likeness (QED) is 0.851. The monoisotopic (exact) mass is 244 g/mol. The molecule has 18 heavy (non-hydrogen) atoms. The number of imidazole rings is 1. The Balaban J connectivity index is 1.97. The van der Waals surface area contributed by atoms with Gasteiger partial charge in [0.05, 0.1) is 16.6 Å². The predicted molar refractivity (Wildman–Crippen MR) is 68.9 cm³/mol. The van der Waals surface area contributed by atoms with Gasteiger partial charge in [0.25, 0.3) is 0 Å². The summed E-state index contributed by atoms with van der Waals surface area (Å²) in [6.45, 7) is 0. The van der Waals surface area contributed by atoms with E-state index in [1.807, 2.05) is 0 Å². The van der Waals surface area contributed by atoms with Gasteiger partial charge in [0.2, 0.25) is 0 Å². The second-order valence-corrected chi connectivity index (χ2v) is 4.99. The molecule has 3 rings (SSSR count). The molecule has 0 atom stereocenters. The van der Waals surface area contributed by atoms with Crippen molar-refractivity contribution >= 4 is 17.0 Å². The second-order valence-electron chi connectivity index (χ2n) is 4.99. The van der Waals surface area contributed by atoms with Crippen LogP contribution in [0.4, 0.5) is 0 Å². The maximum absolute atomic E-state index is 10.9. The van der Waals surface area contributed by atoms with Gasteiger partial charge >= 0.3 is 5.97 Å². The first kappa shape index (κ1) is 11.3. The third kappa shape index (κ3) is 1.98. The molecule has 2 aromatic rings. The summed E-state index contributed by atoms with van der Waals surface area (Å²) in [6.07, 6.45) is 6.22. The van der Waals surface area contributed by atoms with Crippen LogP contribution in [0, 0.1) is 0 Å². The number of benzene rings is 1. The highest BCUT2D eigenvalue weighted by atomic mass is 16.4. The van der Waals surface area contributed by atoms with Crippen LogP contribution < -0.4 is 0 Å². The molecule has 1 saturated carbocycles. The van der Waals surface area contributed by atoms with Crippen molar-refractivity contribution in [3.8, 4) is 0 Å². The summed E-state index contributed by atoms with van der Waals surface area (Å²) in [5.74, 6) is 0.630. The molecule has 0 bridgehead atoms. The summed E-state index contributed by atoms with van der Waals surface area (Å²) in [5, 5.41) is 8.96. The van der Waals surface area contributed by atoms with Crippen LogP contribution in [-0.4, -0.2) is 21.0 Å². The third-order valence-corrected chi connectivity index (χ3v) is 3.74. The van der Waals surface area contributed by atoms with Gasteiger partial charge in [-0.2, -0.15) is 0 Å². The van der Waals surface area contributed by atoms with Crippen molar-refractivity contribution < 1.29 is 9.90 Å². The minimum atomic E-state index is -0.904. The first-order chi connectivity index (χ1) is 8.74. The Morgan fingerprint density at radius 2 is 2.06 bits per heavy atom. The number of hydrogen-bond acceptors (Lipinski definition) is 2. The molecule has 94 valence electrons. The van der Waals surface area contributed by atoms with Crippen LogP contribution in [0.15, 0.2) is 18.2 Å². The zero-order valence-electron chi connectivity index (χ0n) is 10.1. The number of carboxylic acid groups (broad SMARTS) is 1. The van der Waals surface area contributed by atoms with Gasteiger partial charge in [0.1, 0.15) is 5.82 Å². The Morgan fingerprint density at radius 3 is 2.78 bits per heavy atom. The van der Waals surface area contributed by atoms with Crippen LogP contribution >= 0.6 is 0 Å². The van der Waals surface area contributed by atoms with Gasteiger partial charge in [-0.1, -0.05) is 19.3 Å². The van der Waals surface area contributed by atoms with Gasteiger partial charge in [-0.3, -0.25) is 0 Å². The lowest BCUT2D eigenvalue weighted by molar-refractivity contribution is 0.0697. The highest BCUT2D eigenvalue weighted by Gasteiger charge is 2.19. The molecule has 0 unspecified atom stereocenters. The lowest BCUT2D eigenvalue weighted by Gasteiger charge is -2.18. The Morgan fingerprint density at radius 1 is 1.28 bits per heavy atom. The molecule has 1 aliphatic rings. The van der Waals surface area contributed by atoms with E-state index in [4.69, 9.17) is 5.11 Å². The molecule has 1 aromatic heterocycles. The van der Waals surface area contributed by atoms with E-state index < -0.39 is 5.97 Å². The fourth-order valence-electron chi connectivity index (χ4n) is 2.73. The number of nitrogens with zero attached hydrogens (tertiary/aromatic N) is 1. The average molecular weight is 244 g/mol. The zero-order valence-corrected chi connectivity index (χ0v) is 10.1. The molecule has 0 saturated heterocycles. The van der Waals surface area contributed by atoms with E-state index in [0.29, 0.717) is 11.5 Å². The van der Waals surface area contributed by atoms with E-state index in [2.05, 4.69) is 9.97 Å². The number of aromatic amines is 1. The molecule has 2 N–H and O–H groups in total. The number of carbonyl (C=O) groups is 1. The minimum absolute atomic E-state index is 0.296.